The number of nitriles is 1. The van der Waals surface area contributed by atoms with E-state index in [-0.39, 0.29) is 35.4 Å². The summed E-state index contributed by atoms with van der Waals surface area (Å²) in [5.41, 5.74) is 3.74. The second kappa shape index (κ2) is 7.09. The number of hydrogen-bond donors (Lipinski definition) is 1. The Kier molecular flexibility index (Phi) is 4.68. The van der Waals surface area contributed by atoms with Gasteiger partial charge in [0.2, 0.25) is 5.78 Å². The number of amidine groups is 1. The number of ether oxygens (including phenoxy) is 1. The fraction of sp³-hybridized carbons (Fsp3) is 0.350. The molecule has 1 saturated carbocycles. The number of carbonyl (C=O) groups is 1. The highest BCUT2D eigenvalue weighted by Crippen LogP contribution is 2.56. The first-order valence-electron chi connectivity index (χ1n) is 9.11. The summed E-state index contributed by atoms with van der Waals surface area (Å²) in [6.45, 7) is 1.43. The number of nitrogens with zero attached hydrogens (tertiary/aromatic N) is 4. The third-order valence-corrected chi connectivity index (χ3v) is 5.34. The molecule has 0 unspecified atom stereocenters. The molecule has 1 aliphatic carbocycles. The average Bonchev–Trinajstić information content (AvgIpc) is 3.49. The Balaban J connectivity index is 1.73. The molecule has 1 aromatic carbocycles. The third kappa shape index (κ3) is 3.16. The van der Waals surface area contributed by atoms with E-state index in [9.17, 15) is 13.6 Å². The summed E-state index contributed by atoms with van der Waals surface area (Å²) >= 11 is 0. The van der Waals surface area contributed by atoms with Crippen molar-refractivity contribution < 1.29 is 22.7 Å². The zero-order valence-electron chi connectivity index (χ0n) is 15.8. The van der Waals surface area contributed by atoms with Crippen LogP contribution < -0.4 is 5.73 Å². The van der Waals surface area contributed by atoms with Crippen LogP contribution in [0.4, 0.5) is 13.2 Å². The zero-order valence-corrected chi connectivity index (χ0v) is 15.8. The number of rotatable bonds is 5. The lowest BCUT2D eigenvalue weighted by atomic mass is 9.82. The Hall–Kier alpha value is -3.48. The molecule has 2 heterocycles. The van der Waals surface area contributed by atoms with E-state index in [1.54, 1.807) is 0 Å². The number of benzene rings is 1. The Bertz CT molecular complexity index is 1100. The van der Waals surface area contributed by atoms with Crippen molar-refractivity contribution in [2.45, 2.75) is 37.8 Å². The quantitative estimate of drug-likeness (QED) is 0.750. The molecule has 3 atom stereocenters. The van der Waals surface area contributed by atoms with Gasteiger partial charge in [-0.2, -0.15) is 5.26 Å². The highest BCUT2D eigenvalue weighted by Gasteiger charge is 2.64. The lowest BCUT2D eigenvalue weighted by Gasteiger charge is -2.33. The number of fused-ring (bicyclic) bond motifs is 1. The minimum Gasteiger partial charge on any atom is -0.462 e. The lowest BCUT2D eigenvalue weighted by molar-refractivity contribution is 0.0175. The van der Waals surface area contributed by atoms with Crippen molar-refractivity contribution in [2.24, 2.45) is 16.6 Å². The largest absolute Gasteiger partial charge is 0.462 e. The molecule has 2 aliphatic rings. The molecular formula is C20H16F3N5O2. The Morgan fingerprint density at radius 3 is 2.73 bits per heavy atom. The number of ketones is 1. The van der Waals surface area contributed by atoms with Crippen LogP contribution in [0.3, 0.4) is 0 Å². The Labute approximate surface area is 169 Å². The number of hydrogen-bond acceptors (Lipinski definition) is 7. The van der Waals surface area contributed by atoms with Crippen molar-refractivity contribution in [3.63, 3.8) is 0 Å². The monoisotopic (exact) mass is 415 g/mol. The van der Waals surface area contributed by atoms with E-state index in [1.807, 2.05) is 6.07 Å². The summed E-state index contributed by atoms with van der Waals surface area (Å²) < 4.78 is 48.7. The molecule has 4 rings (SSSR count). The van der Waals surface area contributed by atoms with Gasteiger partial charge in [0.25, 0.3) is 12.4 Å². The molecule has 0 radical (unpaired) electrons. The van der Waals surface area contributed by atoms with E-state index in [2.05, 4.69) is 15.0 Å². The number of nitrogens with two attached hydrogens (primary N) is 1. The van der Waals surface area contributed by atoms with Gasteiger partial charge in [-0.1, -0.05) is 6.07 Å². The Morgan fingerprint density at radius 1 is 1.40 bits per heavy atom. The summed E-state index contributed by atoms with van der Waals surface area (Å²) in [5.74, 6) is -2.14. The van der Waals surface area contributed by atoms with Crippen molar-refractivity contribution in [2.75, 3.05) is 0 Å². The number of aryl methyl sites for hydroxylation is 1. The SMILES string of the molecule is Cc1cc(CC(=O)c2ncc(C#N)cn2)cc([C@@]2(C(F)F)N=C(N)O[C@@H]3C[C@@H]32)c1F. The van der Waals surface area contributed by atoms with Crippen LogP contribution in [-0.4, -0.2) is 34.3 Å². The predicted molar refractivity (Wildman–Crippen MR) is 98.2 cm³/mol. The van der Waals surface area contributed by atoms with Crippen LogP contribution in [-0.2, 0) is 16.7 Å². The molecule has 2 N–H and O–H groups in total. The molecule has 30 heavy (non-hydrogen) atoms. The van der Waals surface area contributed by atoms with Gasteiger partial charge in [0.15, 0.2) is 11.4 Å². The first-order valence-corrected chi connectivity index (χ1v) is 9.11. The maximum atomic E-state index is 15.0. The molecule has 1 aromatic heterocycles. The van der Waals surface area contributed by atoms with Gasteiger partial charge >= 0.3 is 0 Å². The van der Waals surface area contributed by atoms with E-state index < -0.39 is 41.6 Å². The minimum atomic E-state index is -3.02. The standard InChI is InChI=1S/C20H16F3N5O2/c1-9-2-10(4-14(29)17-26-7-11(6-24)8-27-17)3-13(16(9)21)20(18(22)23)12-5-15(12)30-19(25)28-20/h2-3,7-8,12,15,18H,4-5H2,1H3,(H2,25,28)/t12-,15+,20-/m0/s1. The van der Waals surface area contributed by atoms with E-state index in [4.69, 9.17) is 15.7 Å². The predicted octanol–water partition coefficient (Wildman–Crippen LogP) is 2.42. The first kappa shape index (κ1) is 19.8. The fourth-order valence-electron chi connectivity index (χ4n) is 3.83. The molecule has 0 saturated heterocycles. The van der Waals surface area contributed by atoms with Gasteiger partial charge in [-0.15, -0.1) is 0 Å². The fourth-order valence-corrected chi connectivity index (χ4v) is 3.83. The number of halogens is 3. The van der Waals surface area contributed by atoms with Gasteiger partial charge in [-0.05, 0) is 30.5 Å². The topological polar surface area (TPSA) is 114 Å². The number of carbonyl (C=O) groups excluding carboxylic acids is 1. The van der Waals surface area contributed by atoms with Gasteiger partial charge in [0.05, 0.1) is 5.56 Å². The molecule has 0 bridgehead atoms. The van der Waals surface area contributed by atoms with Gasteiger partial charge in [0.1, 0.15) is 18.0 Å². The molecule has 7 nitrogen and oxygen atoms in total. The van der Waals surface area contributed by atoms with E-state index in [0.717, 1.165) is 0 Å². The summed E-state index contributed by atoms with van der Waals surface area (Å²) in [5, 5.41) is 8.79. The van der Waals surface area contributed by atoms with Crippen LogP contribution in [0.1, 0.15) is 39.3 Å². The van der Waals surface area contributed by atoms with Crippen molar-refractivity contribution >= 4 is 11.8 Å². The third-order valence-electron chi connectivity index (χ3n) is 5.34. The van der Waals surface area contributed by atoms with Crippen LogP contribution in [0.2, 0.25) is 0 Å². The summed E-state index contributed by atoms with van der Waals surface area (Å²) in [4.78, 5) is 24.0. The summed E-state index contributed by atoms with van der Waals surface area (Å²) in [6, 6.07) is 4.08. The number of aromatic nitrogens is 2. The van der Waals surface area contributed by atoms with Crippen molar-refractivity contribution in [3.8, 4) is 6.07 Å². The molecule has 1 fully saturated rings. The van der Waals surface area contributed by atoms with Crippen molar-refractivity contribution in [3.05, 3.63) is 58.4 Å². The van der Waals surface area contributed by atoms with Crippen molar-refractivity contribution in [1.82, 2.24) is 9.97 Å². The van der Waals surface area contributed by atoms with Gasteiger partial charge in [-0.25, -0.2) is 28.1 Å². The Morgan fingerprint density at radius 2 is 2.10 bits per heavy atom. The average molecular weight is 415 g/mol. The number of Topliss-reactive ketones (excluding diaryl/α,β-unsaturated/α-hetero) is 1. The molecule has 0 spiro atoms. The second-order valence-electron chi connectivity index (χ2n) is 7.36. The van der Waals surface area contributed by atoms with E-state index in [1.165, 1.54) is 31.5 Å². The molecule has 154 valence electrons. The zero-order chi connectivity index (χ0) is 21.6. The smallest absolute Gasteiger partial charge is 0.283 e. The van der Waals surface area contributed by atoms with Gasteiger partial charge in [-0.3, -0.25) is 4.79 Å². The molecule has 0 amide bonds. The number of alkyl halides is 2. The molecule has 10 heteroatoms. The summed E-state index contributed by atoms with van der Waals surface area (Å²) in [6.07, 6.45) is -1.08. The molecular weight excluding hydrogens is 399 g/mol. The maximum absolute atomic E-state index is 15.0. The number of aliphatic imine (C=N–C) groups is 1. The lowest BCUT2D eigenvalue weighted by Crippen LogP contribution is -2.43. The molecule has 2 aromatic rings. The van der Waals surface area contributed by atoms with Gasteiger partial charge < -0.3 is 10.5 Å². The van der Waals surface area contributed by atoms with E-state index in [0.29, 0.717) is 5.56 Å². The van der Waals surface area contributed by atoms with Crippen LogP contribution in [0.5, 0.6) is 0 Å². The van der Waals surface area contributed by atoms with Crippen molar-refractivity contribution in [1.29, 1.82) is 5.26 Å². The molecule has 1 aliphatic heterocycles. The summed E-state index contributed by atoms with van der Waals surface area (Å²) in [7, 11) is 0. The maximum Gasteiger partial charge on any atom is 0.283 e. The first-order chi connectivity index (χ1) is 14.3. The van der Waals surface area contributed by atoms with Crippen LogP contribution >= 0.6 is 0 Å². The second-order valence-corrected chi connectivity index (χ2v) is 7.36. The van der Waals surface area contributed by atoms with Crippen LogP contribution in [0.15, 0.2) is 29.5 Å². The van der Waals surface area contributed by atoms with Crippen LogP contribution in [0.25, 0.3) is 0 Å². The van der Waals surface area contributed by atoms with Gasteiger partial charge in [0, 0.05) is 30.3 Å². The highest BCUT2D eigenvalue weighted by molar-refractivity contribution is 5.94. The van der Waals surface area contributed by atoms with Crippen LogP contribution in [0, 0.1) is 30.0 Å². The normalized spacial score (nSPS) is 24.5. The minimum absolute atomic E-state index is 0.105. The highest BCUT2D eigenvalue weighted by atomic mass is 19.3. The van der Waals surface area contributed by atoms with E-state index >= 15 is 4.39 Å².